The van der Waals surface area contributed by atoms with Gasteiger partial charge in [0.1, 0.15) is 5.82 Å². The van der Waals surface area contributed by atoms with E-state index >= 15 is 0 Å². The fraction of sp³-hybridized carbons (Fsp3) is 0.467. The first-order valence-corrected chi connectivity index (χ1v) is 7.15. The largest absolute Gasteiger partial charge is 0.465 e. The number of nitrogens with two attached hydrogens (primary N) is 1. The van der Waals surface area contributed by atoms with E-state index in [0.717, 1.165) is 5.56 Å². The van der Waals surface area contributed by atoms with Crippen LogP contribution in [0.5, 0.6) is 0 Å². The van der Waals surface area contributed by atoms with Crippen LogP contribution in [-0.2, 0) is 4.79 Å². The Hall–Kier alpha value is -2.15. The first-order chi connectivity index (χ1) is 10.4. The normalized spacial score (nSPS) is 21.6. The molecule has 1 fully saturated rings. The smallest absolute Gasteiger partial charge is 0.407 e. The molecule has 1 aromatic carbocycles. The molecule has 120 valence electrons. The van der Waals surface area contributed by atoms with Gasteiger partial charge in [0.05, 0.1) is 12.6 Å². The number of nitrogens with zero attached hydrogens (tertiary/aromatic N) is 1. The van der Waals surface area contributed by atoms with Crippen LogP contribution in [-0.4, -0.2) is 41.1 Å². The Kier molecular flexibility index (Phi) is 4.97. The van der Waals surface area contributed by atoms with Gasteiger partial charge in [0, 0.05) is 12.6 Å². The zero-order chi connectivity index (χ0) is 16.3. The SMILES string of the molecule is Cc1cc(F)ccc1C1CC(NCC(N)=O)CCN1C(=O)O. The number of benzene rings is 1. The van der Waals surface area contributed by atoms with Gasteiger partial charge >= 0.3 is 6.09 Å². The zero-order valence-electron chi connectivity index (χ0n) is 12.4. The van der Waals surface area contributed by atoms with E-state index in [4.69, 9.17) is 5.73 Å². The Bertz CT molecular complexity index is 579. The van der Waals surface area contributed by atoms with Gasteiger partial charge in [-0.3, -0.25) is 4.79 Å². The maximum absolute atomic E-state index is 13.3. The van der Waals surface area contributed by atoms with Gasteiger partial charge in [0.15, 0.2) is 0 Å². The first-order valence-electron chi connectivity index (χ1n) is 7.15. The van der Waals surface area contributed by atoms with Gasteiger partial charge < -0.3 is 21.1 Å². The molecule has 22 heavy (non-hydrogen) atoms. The van der Waals surface area contributed by atoms with Crippen molar-refractivity contribution in [3.8, 4) is 0 Å². The zero-order valence-corrected chi connectivity index (χ0v) is 12.4. The molecule has 0 aromatic heterocycles. The Morgan fingerprint density at radius 2 is 2.23 bits per heavy atom. The standard InChI is InChI=1S/C15H20FN3O3/c1-9-6-10(16)2-3-12(9)13-7-11(18-8-14(17)20)4-5-19(13)15(21)22/h2-3,6,11,13,18H,4-5,7-8H2,1H3,(H2,17,20)(H,21,22). The van der Waals surface area contributed by atoms with Crippen molar-refractivity contribution in [3.05, 3.63) is 35.1 Å². The Morgan fingerprint density at radius 1 is 1.50 bits per heavy atom. The number of nitrogens with one attached hydrogen (secondary N) is 1. The molecule has 0 saturated carbocycles. The van der Waals surface area contributed by atoms with E-state index in [9.17, 15) is 19.1 Å². The topological polar surface area (TPSA) is 95.7 Å². The summed E-state index contributed by atoms with van der Waals surface area (Å²) in [5, 5.41) is 12.4. The lowest BCUT2D eigenvalue weighted by Gasteiger charge is -2.39. The molecule has 2 rings (SSSR count). The molecule has 1 aliphatic heterocycles. The third kappa shape index (κ3) is 3.73. The van der Waals surface area contributed by atoms with E-state index in [1.165, 1.54) is 17.0 Å². The van der Waals surface area contributed by atoms with Gasteiger partial charge in [0.25, 0.3) is 0 Å². The predicted octanol–water partition coefficient (Wildman–Crippen LogP) is 1.39. The van der Waals surface area contributed by atoms with Crippen LogP contribution in [0.3, 0.4) is 0 Å². The van der Waals surface area contributed by atoms with Gasteiger partial charge in [-0.25, -0.2) is 9.18 Å². The van der Waals surface area contributed by atoms with Crippen molar-refractivity contribution < 1.29 is 19.1 Å². The molecule has 0 aliphatic carbocycles. The van der Waals surface area contributed by atoms with Crippen molar-refractivity contribution in [1.82, 2.24) is 10.2 Å². The van der Waals surface area contributed by atoms with Crippen LogP contribution in [0, 0.1) is 12.7 Å². The van der Waals surface area contributed by atoms with Crippen LogP contribution in [0.25, 0.3) is 0 Å². The molecule has 2 atom stereocenters. The number of amides is 2. The molecular formula is C15H20FN3O3. The van der Waals surface area contributed by atoms with Crippen LogP contribution >= 0.6 is 0 Å². The van der Waals surface area contributed by atoms with E-state index in [1.54, 1.807) is 13.0 Å². The average molecular weight is 309 g/mol. The van der Waals surface area contributed by atoms with E-state index < -0.39 is 12.0 Å². The second kappa shape index (κ2) is 6.74. The second-order valence-electron chi connectivity index (χ2n) is 5.56. The minimum absolute atomic E-state index is 0.00227. The third-order valence-electron chi connectivity index (χ3n) is 4.00. The number of likely N-dealkylation sites (tertiary alicyclic amines) is 1. The number of rotatable bonds is 4. The molecule has 0 radical (unpaired) electrons. The molecule has 6 nitrogen and oxygen atoms in total. The summed E-state index contributed by atoms with van der Waals surface area (Å²) in [6, 6.07) is 4.00. The number of hydrogen-bond acceptors (Lipinski definition) is 3. The van der Waals surface area contributed by atoms with Crippen molar-refractivity contribution >= 4 is 12.0 Å². The van der Waals surface area contributed by atoms with Crippen molar-refractivity contribution in [2.24, 2.45) is 5.73 Å². The summed E-state index contributed by atoms with van der Waals surface area (Å²) in [7, 11) is 0. The fourth-order valence-corrected chi connectivity index (χ4v) is 2.93. The number of aryl methyl sites for hydroxylation is 1. The number of carboxylic acid groups (broad SMARTS) is 1. The van der Waals surface area contributed by atoms with Crippen LogP contribution in [0.1, 0.15) is 30.0 Å². The highest BCUT2D eigenvalue weighted by molar-refractivity contribution is 5.75. The highest BCUT2D eigenvalue weighted by atomic mass is 19.1. The maximum Gasteiger partial charge on any atom is 0.407 e. The molecule has 1 aromatic rings. The molecule has 0 bridgehead atoms. The van der Waals surface area contributed by atoms with Crippen molar-refractivity contribution in [1.29, 1.82) is 0 Å². The molecule has 4 N–H and O–H groups in total. The van der Waals surface area contributed by atoms with Gasteiger partial charge in [0.2, 0.25) is 5.91 Å². The minimum Gasteiger partial charge on any atom is -0.465 e. The molecule has 0 spiro atoms. The molecule has 2 amide bonds. The van der Waals surface area contributed by atoms with Crippen molar-refractivity contribution in [2.45, 2.75) is 31.8 Å². The van der Waals surface area contributed by atoms with Gasteiger partial charge in [-0.15, -0.1) is 0 Å². The van der Waals surface area contributed by atoms with Crippen molar-refractivity contribution in [2.75, 3.05) is 13.1 Å². The molecular weight excluding hydrogens is 289 g/mol. The number of hydrogen-bond donors (Lipinski definition) is 3. The van der Waals surface area contributed by atoms with Crippen molar-refractivity contribution in [3.63, 3.8) is 0 Å². The number of carbonyl (C=O) groups is 2. The van der Waals surface area contributed by atoms with Gasteiger partial charge in [-0.1, -0.05) is 6.07 Å². The summed E-state index contributed by atoms with van der Waals surface area (Å²) in [5.74, 6) is -0.794. The Morgan fingerprint density at radius 3 is 2.82 bits per heavy atom. The summed E-state index contributed by atoms with van der Waals surface area (Å²) in [6.45, 7) is 2.18. The maximum atomic E-state index is 13.3. The number of piperidine rings is 1. The lowest BCUT2D eigenvalue weighted by molar-refractivity contribution is -0.117. The molecule has 7 heteroatoms. The van der Waals surface area contributed by atoms with Gasteiger partial charge in [-0.05, 0) is 43.0 Å². The summed E-state index contributed by atoms with van der Waals surface area (Å²) in [6.07, 6.45) is 0.129. The predicted molar refractivity (Wildman–Crippen MR) is 78.8 cm³/mol. The highest BCUT2D eigenvalue weighted by Crippen LogP contribution is 2.33. The monoisotopic (exact) mass is 309 g/mol. The summed E-state index contributed by atoms with van der Waals surface area (Å²) in [4.78, 5) is 23.7. The number of halogens is 1. The van der Waals surface area contributed by atoms with Crippen LogP contribution < -0.4 is 11.1 Å². The van der Waals surface area contributed by atoms with Crippen LogP contribution in [0.4, 0.5) is 9.18 Å². The molecule has 2 unspecified atom stereocenters. The second-order valence-corrected chi connectivity index (χ2v) is 5.56. The average Bonchev–Trinajstić information content (AvgIpc) is 2.44. The van der Waals surface area contributed by atoms with Crippen LogP contribution in [0.15, 0.2) is 18.2 Å². The van der Waals surface area contributed by atoms with Crippen LogP contribution in [0.2, 0.25) is 0 Å². The fourth-order valence-electron chi connectivity index (χ4n) is 2.93. The molecule has 1 heterocycles. The quantitative estimate of drug-likeness (QED) is 0.783. The lowest BCUT2D eigenvalue weighted by Crippen LogP contribution is -2.48. The van der Waals surface area contributed by atoms with E-state index in [0.29, 0.717) is 24.9 Å². The third-order valence-corrected chi connectivity index (χ3v) is 4.00. The Balaban J connectivity index is 2.21. The first kappa shape index (κ1) is 16.2. The summed E-state index contributed by atoms with van der Waals surface area (Å²) in [5.41, 5.74) is 6.63. The molecule has 1 aliphatic rings. The van der Waals surface area contributed by atoms with E-state index in [2.05, 4.69) is 5.32 Å². The Labute approximate surface area is 128 Å². The summed E-state index contributed by atoms with van der Waals surface area (Å²) >= 11 is 0. The van der Waals surface area contributed by atoms with E-state index in [1.807, 2.05) is 0 Å². The number of primary amides is 1. The minimum atomic E-state index is -0.998. The lowest BCUT2D eigenvalue weighted by atomic mass is 9.89. The van der Waals surface area contributed by atoms with E-state index in [-0.39, 0.29) is 24.4 Å². The highest BCUT2D eigenvalue weighted by Gasteiger charge is 2.33. The number of carbonyl (C=O) groups excluding carboxylic acids is 1. The molecule has 1 saturated heterocycles. The van der Waals surface area contributed by atoms with Gasteiger partial charge in [-0.2, -0.15) is 0 Å². The summed E-state index contributed by atoms with van der Waals surface area (Å²) < 4.78 is 13.3.